The highest BCUT2D eigenvalue weighted by molar-refractivity contribution is 6.42. The summed E-state index contributed by atoms with van der Waals surface area (Å²) in [5.41, 5.74) is 3.17. The van der Waals surface area contributed by atoms with Crippen LogP contribution in [0.2, 0.25) is 15.1 Å². The maximum absolute atomic E-state index is 12.2. The molecule has 2 aliphatic rings. The first kappa shape index (κ1) is 32.2. The summed E-state index contributed by atoms with van der Waals surface area (Å²) in [4.78, 5) is 28.4. The van der Waals surface area contributed by atoms with Crippen LogP contribution >= 0.6 is 34.8 Å². The van der Waals surface area contributed by atoms with Gasteiger partial charge in [-0.2, -0.15) is 0 Å². The van der Waals surface area contributed by atoms with Crippen LogP contribution in [-0.2, 0) is 16.9 Å². The maximum atomic E-state index is 12.2. The Hall–Kier alpha value is -2.77. The molecule has 2 fully saturated rings. The Balaban J connectivity index is 0.000000262. The summed E-state index contributed by atoms with van der Waals surface area (Å²) in [5, 5.41) is 10.5. The molecule has 0 radical (unpaired) electrons. The fourth-order valence-corrected chi connectivity index (χ4v) is 6.36. The lowest BCUT2D eigenvalue weighted by Gasteiger charge is -2.47. The van der Waals surface area contributed by atoms with Crippen molar-refractivity contribution >= 4 is 46.8 Å². The van der Waals surface area contributed by atoms with Gasteiger partial charge in [0, 0.05) is 45.7 Å². The summed E-state index contributed by atoms with van der Waals surface area (Å²) in [5.74, 6) is 1.40. The first-order valence-electron chi connectivity index (χ1n) is 14.2. The van der Waals surface area contributed by atoms with Crippen molar-refractivity contribution in [1.82, 2.24) is 14.7 Å². The maximum Gasteiger partial charge on any atom is 0.407 e. The summed E-state index contributed by atoms with van der Waals surface area (Å²) in [6.07, 6.45) is 2.19. The van der Waals surface area contributed by atoms with Gasteiger partial charge in [-0.1, -0.05) is 89.4 Å². The lowest BCUT2D eigenvalue weighted by atomic mass is 9.79. The molecule has 0 unspecified atom stereocenters. The van der Waals surface area contributed by atoms with Gasteiger partial charge in [0.25, 0.3) is 0 Å². The van der Waals surface area contributed by atoms with Crippen LogP contribution in [0.25, 0.3) is 0 Å². The van der Waals surface area contributed by atoms with E-state index in [-0.39, 0.29) is 11.4 Å². The van der Waals surface area contributed by atoms with E-state index >= 15 is 0 Å². The second kappa shape index (κ2) is 14.1. The highest BCUT2D eigenvalue weighted by atomic mass is 35.5. The molecule has 1 saturated carbocycles. The van der Waals surface area contributed by atoms with E-state index in [4.69, 9.17) is 39.9 Å². The van der Waals surface area contributed by atoms with Gasteiger partial charge in [0.05, 0.1) is 22.1 Å². The normalized spacial score (nSPS) is 19.3. The summed E-state index contributed by atoms with van der Waals surface area (Å²) in [6, 6.07) is 23.7. The highest BCUT2D eigenvalue weighted by Crippen LogP contribution is 2.49. The fraction of sp³-hybridized carbons (Fsp3) is 0.394. The topological polar surface area (TPSA) is 64.1 Å². The number of rotatable bonds is 7. The summed E-state index contributed by atoms with van der Waals surface area (Å²) < 4.78 is 0. The number of nitrogens with zero attached hydrogens (tertiary/aromatic N) is 3. The van der Waals surface area contributed by atoms with Crippen molar-refractivity contribution in [1.29, 1.82) is 0 Å². The van der Waals surface area contributed by atoms with Gasteiger partial charge < -0.3 is 19.8 Å². The molecule has 3 aromatic carbocycles. The molecule has 1 N–H and O–H groups in total. The largest absolute Gasteiger partial charge is 0.465 e. The van der Waals surface area contributed by atoms with E-state index in [0.29, 0.717) is 33.4 Å². The summed E-state index contributed by atoms with van der Waals surface area (Å²) in [6.45, 7) is 5.12. The van der Waals surface area contributed by atoms with E-state index < -0.39 is 6.09 Å². The van der Waals surface area contributed by atoms with Gasteiger partial charge in [0.15, 0.2) is 0 Å². The number of carboxylic acid groups (broad SMARTS) is 1. The Morgan fingerprint density at radius 1 is 0.905 bits per heavy atom. The zero-order valence-electron chi connectivity index (χ0n) is 24.3. The summed E-state index contributed by atoms with van der Waals surface area (Å²) >= 11 is 18.1. The molecule has 6 nitrogen and oxygen atoms in total. The van der Waals surface area contributed by atoms with Gasteiger partial charge >= 0.3 is 6.09 Å². The minimum absolute atomic E-state index is 0.129. The zero-order valence-corrected chi connectivity index (χ0v) is 26.5. The van der Waals surface area contributed by atoms with Crippen LogP contribution in [0, 0.1) is 5.92 Å². The quantitative estimate of drug-likeness (QED) is 0.287. The average Bonchev–Trinajstić information content (AvgIpc) is 3.75. The number of halogens is 3. The molecule has 0 spiro atoms. The van der Waals surface area contributed by atoms with E-state index in [1.165, 1.54) is 29.5 Å². The number of carbonyl (C=O) groups excluding carboxylic acids is 1. The number of hydrogen-bond acceptors (Lipinski definition) is 3. The number of benzene rings is 3. The third kappa shape index (κ3) is 7.78. The standard InChI is InChI=1S/C24H28Cl2N2O.C9H10ClNO2/c1-17(29)27(2)24(20-6-4-3-5-7-20)10-12-28(13-11-24)16-19-14-21(19)18-8-9-22(25)23(26)15-18;1-11(9(12)13)6-7-4-2-3-5-8(7)10/h3-9,15,19,21H,10-14,16H2,1-2H3;2-5H,6H2,1H3,(H,12,13)/t19-,21+;/m0./s1. The van der Waals surface area contributed by atoms with Gasteiger partial charge in [0.2, 0.25) is 5.91 Å². The Bertz CT molecular complexity index is 1380. The number of hydrogen-bond donors (Lipinski definition) is 1. The van der Waals surface area contributed by atoms with Crippen molar-refractivity contribution in [3.8, 4) is 0 Å². The molecule has 0 bridgehead atoms. The monoisotopic (exact) mass is 629 g/mol. The Labute approximate surface area is 263 Å². The minimum atomic E-state index is -0.958. The minimum Gasteiger partial charge on any atom is -0.465 e. The number of amides is 2. The molecule has 1 heterocycles. The number of piperidine rings is 1. The average molecular weight is 631 g/mol. The van der Waals surface area contributed by atoms with Crippen LogP contribution < -0.4 is 0 Å². The molecule has 1 aliphatic heterocycles. The first-order chi connectivity index (χ1) is 20.0. The van der Waals surface area contributed by atoms with Crippen LogP contribution in [0.1, 0.15) is 48.8 Å². The molecule has 1 saturated heterocycles. The lowest BCUT2D eigenvalue weighted by Crippen LogP contribution is -2.53. The highest BCUT2D eigenvalue weighted by Gasteiger charge is 2.44. The zero-order chi connectivity index (χ0) is 30.4. The molecule has 9 heteroatoms. The van der Waals surface area contributed by atoms with Gasteiger partial charge in [-0.15, -0.1) is 0 Å². The second-order valence-electron chi connectivity index (χ2n) is 11.3. The van der Waals surface area contributed by atoms with E-state index in [1.807, 2.05) is 48.3 Å². The molecule has 42 heavy (non-hydrogen) atoms. The van der Waals surface area contributed by atoms with Crippen molar-refractivity contribution in [2.75, 3.05) is 33.7 Å². The predicted molar refractivity (Wildman–Crippen MR) is 170 cm³/mol. The molecular weight excluding hydrogens is 593 g/mol. The van der Waals surface area contributed by atoms with Gasteiger partial charge in [0.1, 0.15) is 0 Å². The van der Waals surface area contributed by atoms with Gasteiger partial charge in [-0.3, -0.25) is 4.79 Å². The van der Waals surface area contributed by atoms with E-state index in [9.17, 15) is 9.59 Å². The van der Waals surface area contributed by atoms with Crippen LogP contribution in [0.5, 0.6) is 0 Å². The smallest absolute Gasteiger partial charge is 0.407 e. The van der Waals surface area contributed by atoms with Crippen molar-refractivity contribution in [2.24, 2.45) is 5.92 Å². The molecule has 0 aromatic heterocycles. The van der Waals surface area contributed by atoms with Gasteiger partial charge in [-0.05, 0) is 66.0 Å². The third-order valence-electron chi connectivity index (χ3n) is 8.59. The molecule has 1 aliphatic carbocycles. The molecular formula is C33H38Cl3N3O3. The van der Waals surface area contributed by atoms with Crippen molar-refractivity contribution < 1.29 is 14.7 Å². The molecule has 5 rings (SSSR count). The third-order valence-corrected chi connectivity index (χ3v) is 9.70. The molecule has 2 amide bonds. The van der Waals surface area contributed by atoms with Crippen molar-refractivity contribution in [2.45, 2.75) is 44.2 Å². The SMILES string of the molecule is CC(=O)N(C)C1(c2ccccc2)CCN(C[C@@H]2C[C@@H]2c2ccc(Cl)c(Cl)c2)CC1.CN(Cc1ccccc1Cl)C(=O)O. The van der Waals surface area contributed by atoms with Crippen LogP contribution in [0.4, 0.5) is 4.79 Å². The molecule has 2 atom stereocenters. The Kier molecular flexibility index (Phi) is 10.8. The van der Waals surface area contributed by atoms with Crippen LogP contribution in [0.15, 0.2) is 72.8 Å². The van der Waals surface area contributed by atoms with Crippen molar-refractivity contribution in [3.05, 3.63) is 105 Å². The van der Waals surface area contributed by atoms with Gasteiger partial charge in [-0.25, -0.2) is 4.79 Å². The fourth-order valence-electron chi connectivity index (χ4n) is 5.86. The molecule has 224 valence electrons. The van der Waals surface area contributed by atoms with E-state index in [0.717, 1.165) is 38.0 Å². The molecule has 3 aromatic rings. The Morgan fingerprint density at radius 3 is 2.14 bits per heavy atom. The lowest BCUT2D eigenvalue weighted by molar-refractivity contribution is -0.136. The van der Waals surface area contributed by atoms with Crippen molar-refractivity contribution in [3.63, 3.8) is 0 Å². The van der Waals surface area contributed by atoms with E-state index in [2.05, 4.69) is 35.2 Å². The first-order valence-corrected chi connectivity index (χ1v) is 15.3. The van der Waals surface area contributed by atoms with E-state index in [1.54, 1.807) is 13.0 Å². The number of likely N-dealkylation sites (tertiary alicyclic amines) is 1. The Morgan fingerprint density at radius 2 is 1.55 bits per heavy atom. The van der Waals surface area contributed by atoms with Crippen LogP contribution in [-0.4, -0.2) is 65.5 Å². The second-order valence-corrected chi connectivity index (χ2v) is 12.5. The number of carbonyl (C=O) groups is 2. The van der Waals surface area contributed by atoms with Crippen LogP contribution in [0.3, 0.4) is 0 Å². The predicted octanol–water partition coefficient (Wildman–Crippen LogP) is 8.02. The summed E-state index contributed by atoms with van der Waals surface area (Å²) in [7, 11) is 3.46.